The lowest BCUT2D eigenvalue weighted by atomic mass is 9.87. The van der Waals surface area contributed by atoms with Crippen LogP contribution in [-0.4, -0.2) is 34.6 Å². The summed E-state index contributed by atoms with van der Waals surface area (Å²) in [4.78, 5) is 12.2. The molecule has 0 spiro atoms. The molecule has 118 valence electrons. The van der Waals surface area contributed by atoms with Crippen LogP contribution in [0.25, 0.3) is 0 Å². The minimum atomic E-state index is -0.504. The van der Waals surface area contributed by atoms with Crippen LogP contribution in [0.2, 0.25) is 0 Å². The summed E-state index contributed by atoms with van der Waals surface area (Å²) in [7, 11) is 1.93. The highest BCUT2D eigenvalue weighted by molar-refractivity contribution is 5.69. The molecule has 0 radical (unpaired) electrons. The summed E-state index contributed by atoms with van der Waals surface area (Å²) in [5, 5.41) is 10.9. The fourth-order valence-corrected chi connectivity index (χ4v) is 3.04. The standard InChI is InChI=1S/C15H26N4O2/c1-10-12(11(2)19(6)18-10)15(7-8-16-9-15)17-13(20)21-14(3,4)5/h16H,7-9H2,1-6H3,(H,17,20). The van der Waals surface area contributed by atoms with Crippen LogP contribution in [0.4, 0.5) is 4.79 Å². The zero-order valence-electron chi connectivity index (χ0n) is 13.8. The van der Waals surface area contributed by atoms with Crippen molar-refractivity contribution in [3.05, 3.63) is 17.0 Å². The minimum Gasteiger partial charge on any atom is -0.444 e. The molecule has 0 bridgehead atoms. The van der Waals surface area contributed by atoms with Gasteiger partial charge in [-0.1, -0.05) is 0 Å². The molecule has 0 aliphatic carbocycles. The maximum atomic E-state index is 12.2. The fraction of sp³-hybridized carbons (Fsp3) is 0.733. The Bertz CT molecular complexity index is 537. The highest BCUT2D eigenvalue weighted by Crippen LogP contribution is 2.33. The number of ether oxygens (including phenoxy) is 1. The van der Waals surface area contributed by atoms with E-state index in [0.29, 0.717) is 6.54 Å². The first-order valence-corrected chi connectivity index (χ1v) is 7.37. The van der Waals surface area contributed by atoms with Gasteiger partial charge in [-0.05, 0) is 47.6 Å². The number of nitrogens with one attached hydrogen (secondary N) is 2. The summed E-state index contributed by atoms with van der Waals surface area (Å²) in [5.41, 5.74) is 2.18. The molecule has 1 amide bonds. The van der Waals surface area contributed by atoms with Crippen molar-refractivity contribution in [1.29, 1.82) is 0 Å². The number of alkyl carbamates (subject to hydrolysis) is 1. The van der Waals surface area contributed by atoms with Gasteiger partial charge >= 0.3 is 6.09 Å². The van der Waals surface area contributed by atoms with Crippen molar-refractivity contribution in [2.45, 2.75) is 52.2 Å². The van der Waals surface area contributed by atoms with Crippen LogP contribution in [0.5, 0.6) is 0 Å². The SMILES string of the molecule is Cc1nn(C)c(C)c1C1(NC(=O)OC(C)(C)C)CCNC1. The number of aryl methyl sites for hydroxylation is 2. The largest absolute Gasteiger partial charge is 0.444 e. The van der Waals surface area contributed by atoms with Crippen molar-refractivity contribution in [3.8, 4) is 0 Å². The third-order valence-electron chi connectivity index (χ3n) is 3.88. The van der Waals surface area contributed by atoms with E-state index in [9.17, 15) is 4.79 Å². The van der Waals surface area contributed by atoms with Gasteiger partial charge in [-0.3, -0.25) is 4.68 Å². The van der Waals surface area contributed by atoms with E-state index in [2.05, 4.69) is 15.7 Å². The Morgan fingerprint density at radius 3 is 2.52 bits per heavy atom. The van der Waals surface area contributed by atoms with Gasteiger partial charge in [0.2, 0.25) is 0 Å². The first kappa shape index (κ1) is 15.8. The van der Waals surface area contributed by atoms with E-state index < -0.39 is 11.1 Å². The van der Waals surface area contributed by atoms with Gasteiger partial charge in [0.25, 0.3) is 0 Å². The van der Waals surface area contributed by atoms with Crippen molar-refractivity contribution in [1.82, 2.24) is 20.4 Å². The van der Waals surface area contributed by atoms with Crippen LogP contribution < -0.4 is 10.6 Å². The molecule has 1 aliphatic heterocycles. The van der Waals surface area contributed by atoms with Crippen LogP contribution >= 0.6 is 0 Å². The summed E-state index contributed by atoms with van der Waals surface area (Å²) in [5.74, 6) is 0. The van der Waals surface area contributed by atoms with E-state index in [1.807, 2.05) is 46.3 Å². The van der Waals surface area contributed by atoms with Gasteiger partial charge in [-0.25, -0.2) is 4.79 Å². The van der Waals surface area contributed by atoms with E-state index in [-0.39, 0.29) is 6.09 Å². The summed E-state index contributed by atoms with van der Waals surface area (Å²) in [6.07, 6.45) is 0.452. The van der Waals surface area contributed by atoms with Crippen molar-refractivity contribution >= 4 is 6.09 Å². The summed E-state index contributed by atoms with van der Waals surface area (Å²) in [6, 6.07) is 0. The van der Waals surface area contributed by atoms with E-state index in [1.165, 1.54) is 0 Å². The number of nitrogens with zero attached hydrogens (tertiary/aromatic N) is 2. The number of aromatic nitrogens is 2. The highest BCUT2D eigenvalue weighted by atomic mass is 16.6. The first-order chi connectivity index (χ1) is 9.65. The molecule has 0 aromatic carbocycles. The molecule has 21 heavy (non-hydrogen) atoms. The number of carbonyl (C=O) groups excluding carboxylic acids is 1. The monoisotopic (exact) mass is 294 g/mol. The summed E-state index contributed by atoms with van der Waals surface area (Å²) in [6.45, 7) is 11.2. The molecule has 2 N–H and O–H groups in total. The Hall–Kier alpha value is -1.56. The molecule has 2 rings (SSSR count). The van der Waals surface area contributed by atoms with Crippen LogP contribution in [0.1, 0.15) is 44.1 Å². The van der Waals surface area contributed by atoms with E-state index in [0.717, 1.165) is 29.9 Å². The fourth-order valence-electron chi connectivity index (χ4n) is 3.04. The zero-order valence-corrected chi connectivity index (χ0v) is 13.8. The van der Waals surface area contributed by atoms with Crippen LogP contribution in [0, 0.1) is 13.8 Å². The second-order valence-corrected chi connectivity index (χ2v) is 6.81. The van der Waals surface area contributed by atoms with E-state index >= 15 is 0 Å². The van der Waals surface area contributed by atoms with Crippen molar-refractivity contribution in [3.63, 3.8) is 0 Å². The predicted octanol–water partition coefficient (Wildman–Crippen LogP) is 1.75. The lowest BCUT2D eigenvalue weighted by molar-refractivity contribution is 0.0460. The maximum Gasteiger partial charge on any atom is 0.408 e. The van der Waals surface area contributed by atoms with Gasteiger partial charge < -0.3 is 15.4 Å². The quantitative estimate of drug-likeness (QED) is 0.872. The van der Waals surface area contributed by atoms with Crippen LogP contribution in [-0.2, 0) is 17.3 Å². The maximum absolute atomic E-state index is 12.2. The van der Waals surface area contributed by atoms with E-state index in [1.54, 1.807) is 0 Å². The first-order valence-electron chi connectivity index (χ1n) is 7.37. The molecule has 0 saturated carbocycles. The highest BCUT2D eigenvalue weighted by Gasteiger charge is 2.42. The molecule has 1 saturated heterocycles. The van der Waals surface area contributed by atoms with Gasteiger partial charge in [-0.15, -0.1) is 0 Å². The molecule has 6 heteroatoms. The molecule has 1 atom stereocenters. The molecule has 1 fully saturated rings. The Balaban J connectivity index is 2.31. The molecule has 1 aromatic rings. The minimum absolute atomic E-state index is 0.381. The topological polar surface area (TPSA) is 68.2 Å². The lowest BCUT2D eigenvalue weighted by Crippen LogP contribution is -2.49. The number of hydrogen-bond acceptors (Lipinski definition) is 4. The van der Waals surface area contributed by atoms with Gasteiger partial charge in [0, 0.05) is 24.8 Å². The molecule has 1 aromatic heterocycles. The number of carbonyl (C=O) groups is 1. The zero-order chi connectivity index (χ0) is 15.8. The Kier molecular flexibility index (Phi) is 4.02. The second kappa shape index (κ2) is 5.33. The average Bonchev–Trinajstić information content (AvgIpc) is 2.83. The summed E-state index contributed by atoms with van der Waals surface area (Å²) >= 11 is 0. The van der Waals surface area contributed by atoms with Gasteiger partial charge in [-0.2, -0.15) is 5.10 Å². The van der Waals surface area contributed by atoms with Gasteiger partial charge in [0.05, 0.1) is 11.2 Å². The smallest absolute Gasteiger partial charge is 0.408 e. The lowest BCUT2D eigenvalue weighted by Gasteiger charge is -2.32. The van der Waals surface area contributed by atoms with Crippen LogP contribution in [0.3, 0.4) is 0 Å². The Morgan fingerprint density at radius 1 is 1.43 bits per heavy atom. The molecule has 2 heterocycles. The third kappa shape index (κ3) is 3.20. The van der Waals surface area contributed by atoms with Crippen LogP contribution in [0.15, 0.2) is 0 Å². The third-order valence-corrected chi connectivity index (χ3v) is 3.88. The second-order valence-electron chi connectivity index (χ2n) is 6.81. The molecule has 1 aliphatic rings. The van der Waals surface area contributed by atoms with Crippen molar-refractivity contribution < 1.29 is 9.53 Å². The average molecular weight is 294 g/mol. The Morgan fingerprint density at radius 2 is 2.10 bits per heavy atom. The van der Waals surface area contributed by atoms with E-state index in [4.69, 9.17) is 4.74 Å². The molecular formula is C15H26N4O2. The van der Waals surface area contributed by atoms with Gasteiger partial charge in [0.1, 0.15) is 5.60 Å². The summed E-state index contributed by atoms with van der Waals surface area (Å²) < 4.78 is 7.29. The van der Waals surface area contributed by atoms with Crippen molar-refractivity contribution in [2.75, 3.05) is 13.1 Å². The predicted molar refractivity (Wildman–Crippen MR) is 81.2 cm³/mol. The normalized spacial score (nSPS) is 22.4. The van der Waals surface area contributed by atoms with Gasteiger partial charge in [0.15, 0.2) is 0 Å². The molecule has 1 unspecified atom stereocenters. The Labute approximate surface area is 126 Å². The number of rotatable bonds is 2. The van der Waals surface area contributed by atoms with Crippen molar-refractivity contribution in [2.24, 2.45) is 7.05 Å². The number of hydrogen-bond donors (Lipinski definition) is 2. The molecular weight excluding hydrogens is 268 g/mol. The molecule has 6 nitrogen and oxygen atoms in total. The number of amides is 1.